The van der Waals surface area contributed by atoms with Crippen molar-refractivity contribution >= 4 is 0 Å². The van der Waals surface area contributed by atoms with Crippen LogP contribution in [0.3, 0.4) is 0 Å². The Morgan fingerprint density at radius 2 is 1.78 bits per heavy atom. The molecule has 0 aromatic heterocycles. The molecule has 1 aromatic carbocycles. The quantitative estimate of drug-likeness (QED) is 0.815. The molecule has 1 fully saturated rings. The maximum atomic E-state index is 3.74. The van der Waals surface area contributed by atoms with E-state index in [1.807, 2.05) is 0 Å². The van der Waals surface area contributed by atoms with Crippen LogP contribution in [0.4, 0.5) is 0 Å². The van der Waals surface area contributed by atoms with Gasteiger partial charge in [-0.15, -0.1) is 0 Å². The summed E-state index contributed by atoms with van der Waals surface area (Å²) in [6.45, 7) is 5.63. The SMILES string of the molecule is CCc1ccccc1CNC(C)C1CCCCC1. The van der Waals surface area contributed by atoms with Gasteiger partial charge in [0.15, 0.2) is 0 Å². The van der Waals surface area contributed by atoms with E-state index in [2.05, 4.69) is 43.4 Å². The largest absolute Gasteiger partial charge is 0.310 e. The Kier molecular flexibility index (Phi) is 5.25. The van der Waals surface area contributed by atoms with E-state index in [1.165, 1.54) is 43.2 Å². The van der Waals surface area contributed by atoms with Crippen molar-refractivity contribution in [2.45, 2.75) is 65.0 Å². The van der Waals surface area contributed by atoms with Gasteiger partial charge in [-0.05, 0) is 43.2 Å². The standard InChI is InChI=1S/C17H27N/c1-3-15-9-7-8-12-17(15)13-18-14(2)16-10-5-4-6-11-16/h7-9,12,14,16,18H,3-6,10-11,13H2,1-2H3. The summed E-state index contributed by atoms with van der Waals surface area (Å²) in [6.07, 6.45) is 8.29. The lowest BCUT2D eigenvalue weighted by atomic mass is 9.84. The monoisotopic (exact) mass is 245 g/mol. The smallest absolute Gasteiger partial charge is 0.0210 e. The van der Waals surface area contributed by atoms with Gasteiger partial charge in [-0.2, -0.15) is 0 Å². The fourth-order valence-corrected chi connectivity index (χ4v) is 3.15. The van der Waals surface area contributed by atoms with Gasteiger partial charge >= 0.3 is 0 Å². The van der Waals surface area contributed by atoms with Crippen LogP contribution in [0, 0.1) is 5.92 Å². The molecule has 0 heterocycles. The number of hydrogen-bond donors (Lipinski definition) is 1. The molecule has 1 nitrogen and oxygen atoms in total. The van der Waals surface area contributed by atoms with E-state index >= 15 is 0 Å². The first kappa shape index (κ1) is 13.6. The van der Waals surface area contributed by atoms with Gasteiger partial charge in [0, 0.05) is 12.6 Å². The molecule has 18 heavy (non-hydrogen) atoms. The summed E-state index contributed by atoms with van der Waals surface area (Å²) >= 11 is 0. The van der Waals surface area contributed by atoms with E-state index in [0.29, 0.717) is 6.04 Å². The van der Waals surface area contributed by atoms with Crippen LogP contribution in [0.25, 0.3) is 0 Å². The van der Waals surface area contributed by atoms with Crippen LogP contribution >= 0.6 is 0 Å². The molecule has 100 valence electrons. The molecule has 1 aliphatic rings. The highest BCUT2D eigenvalue weighted by molar-refractivity contribution is 5.26. The maximum absolute atomic E-state index is 3.74. The highest BCUT2D eigenvalue weighted by Crippen LogP contribution is 2.26. The summed E-state index contributed by atoms with van der Waals surface area (Å²) in [5, 5.41) is 3.74. The summed E-state index contributed by atoms with van der Waals surface area (Å²) in [5.41, 5.74) is 2.96. The molecular weight excluding hydrogens is 218 g/mol. The first-order chi connectivity index (χ1) is 8.81. The molecule has 0 amide bonds. The second kappa shape index (κ2) is 6.94. The first-order valence-corrected chi connectivity index (χ1v) is 7.61. The third-order valence-corrected chi connectivity index (χ3v) is 4.47. The Bertz CT molecular complexity index is 352. The van der Waals surface area contributed by atoms with E-state index in [1.54, 1.807) is 0 Å². The van der Waals surface area contributed by atoms with E-state index in [-0.39, 0.29) is 0 Å². The zero-order chi connectivity index (χ0) is 12.8. The van der Waals surface area contributed by atoms with Gasteiger partial charge in [-0.25, -0.2) is 0 Å². The van der Waals surface area contributed by atoms with Gasteiger partial charge in [-0.1, -0.05) is 50.5 Å². The minimum Gasteiger partial charge on any atom is -0.310 e. The Morgan fingerprint density at radius 1 is 1.11 bits per heavy atom. The normalized spacial score (nSPS) is 18.8. The number of rotatable bonds is 5. The molecule has 1 aromatic rings. The lowest BCUT2D eigenvalue weighted by Gasteiger charge is -2.28. The minimum absolute atomic E-state index is 0.662. The van der Waals surface area contributed by atoms with E-state index in [9.17, 15) is 0 Å². The fourth-order valence-electron chi connectivity index (χ4n) is 3.15. The predicted octanol–water partition coefficient (Wildman–Crippen LogP) is 4.31. The van der Waals surface area contributed by atoms with E-state index < -0.39 is 0 Å². The predicted molar refractivity (Wildman–Crippen MR) is 78.7 cm³/mol. The molecule has 0 aliphatic heterocycles. The molecule has 0 radical (unpaired) electrons. The van der Waals surface area contributed by atoms with Crippen molar-refractivity contribution in [3.05, 3.63) is 35.4 Å². The van der Waals surface area contributed by atoms with Crippen LogP contribution in [0.1, 0.15) is 57.1 Å². The first-order valence-electron chi connectivity index (χ1n) is 7.61. The highest BCUT2D eigenvalue weighted by atomic mass is 14.9. The molecule has 1 N–H and O–H groups in total. The summed E-state index contributed by atoms with van der Waals surface area (Å²) in [7, 11) is 0. The van der Waals surface area contributed by atoms with Crippen molar-refractivity contribution in [1.29, 1.82) is 0 Å². The Hall–Kier alpha value is -0.820. The Morgan fingerprint density at radius 3 is 2.44 bits per heavy atom. The Labute approximate surface area is 112 Å². The number of aryl methyl sites for hydroxylation is 1. The average Bonchev–Trinajstić information content (AvgIpc) is 2.46. The van der Waals surface area contributed by atoms with Crippen LogP contribution in [-0.4, -0.2) is 6.04 Å². The Balaban J connectivity index is 1.86. The van der Waals surface area contributed by atoms with Crippen LogP contribution < -0.4 is 5.32 Å². The van der Waals surface area contributed by atoms with Gasteiger partial charge in [0.2, 0.25) is 0 Å². The van der Waals surface area contributed by atoms with E-state index in [4.69, 9.17) is 0 Å². The van der Waals surface area contributed by atoms with Gasteiger partial charge in [0.25, 0.3) is 0 Å². The second-order valence-electron chi connectivity index (χ2n) is 5.69. The summed E-state index contributed by atoms with van der Waals surface area (Å²) in [6, 6.07) is 9.48. The summed E-state index contributed by atoms with van der Waals surface area (Å²) in [4.78, 5) is 0. The minimum atomic E-state index is 0.662. The van der Waals surface area contributed by atoms with Gasteiger partial charge in [0.05, 0.1) is 0 Å². The van der Waals surface area contributed by atoms with Crippen molar-refractivity contribution < 1.29 is 0 Å². The molecule has 0 saturated heterocycles. The van der Waals surface area contributed by atoms with Crippen molar-refractivity contribution in [1.82, 2.24) is 5.32 Å². The molecule has 1 atom stereocenters. The van der Waals surface area contributed by atoms with Crippen LogP contribution in [0.2, 0.25) is 0 Å². The average molecular weight is 245 g/mol. The zero-order valence-electron chi connectivity index (χ0n) is 11.9. The molecular formula is C17H27N. The summed E-state index contributed by atoms with van der Waals surface area (Å²) < 4.78 is 0. The number of benzene rings is 1. The van der Waals surface area contributed by atoms with E-state index in [0.717, 1.165) is 18.9 Å². The molecule has 1 aliphatic carbocycles. The molecule has 1 heteroatoms. The maximum Gasteiger partial charge on any atom is 0.0210 e. The van der Waals surface area contributed by atoms with Crippen molar-refractivity contribution in [2.24, 2.45) is 5.92 Å². The van der Waals surface area contributed by atoms with Crippen molar-refractivity contribution in [3.8, 4) is 0 Å². The van der Waals surface area contributed by atoms with Crippen LogP contribution in [0.5, 0.6) is 0 Å². The molecule has 1 unspecified atom stereocenters. The lowest BCUT2D eigenvalue weighted by Crippen LogP contribution is -2.34. The molecule has 0 spiro atoms. The molecule has 2 rings (SSSR count). The topological polar surface area (TPSA) is 12.0 Å². The lowest BCUT2D eigenvalue weighted by molar-refractivity contribution is 0.280. The van der Waals surface area contributed by atoms with Crippen molar-refractivity contribution in [2.75, 3.05) is 0 Å². The molecule has 1 saturated carbocycles. The van der Waals surface area contributed by atoms with Gasteiger partial charge in [-0.3, -0.25) is 0 Å². The molecule has 0 bridgehead atoms. The van der Waals surface area contributed by atoms with Gasteiger partial charge in [0.1, 0.15) is 0 Å². The number of nitrogens with one attached hydrogen (secondary N) is 1. The third kappa shape index (κ3) is 3.58. The zero-order valence-corrected chi connectivity index (χ0v) is 11.9. The summed E-state index contributed by atoms with van der Waals surface area (Å²) in [5.74, 6) is 0.896. The number of hydrogen-bond acceptors (Lipinski definition) is 1. The fraction of sp³-hybridized carbons (Fsp3) is 0.647. The van der Waals surface area contributed by atoms with Crippen molar-refractivity contribution in [3.63, 3.8) is 0 Å². The highest BCUT2D eigenvalue weighted by Gasteiger charge is 2.19. The second-order valence-corrected chi connectivity index (χ2v) is 5.69. The third-order valence-electron chi connectivity index (χ3n) is 4.47. The van der Waals surface area contributed by atoms with Crippen LogP contribution in [-0.2, 0) is 13.0 Å². The van der Waals surface area contributed by atoms with Crippen LogP contribution in [0.15, 0.2) is 24.3 Å². The van der Waals surface area contributed by atoms with Gasteiger partial charge < -0.3 is 5.32 Å².